The summed E-state index contributed by atoms with van der Waals surface area (Å²) in [6, 6.07) is 10.5. The SMILES string of the molecule is CCOC(=O)N[C@@H]1CC[C@@H]2[C@H](Cc3oncc3[C@H]2C=Cc2ccc(-c3cccc(F)c3)cn2)C1. The number of pyridine rings is 1. The molecule has 4 atom stereocenters. The third-order valence-corrected chi connectivity index (χ3v) is 7.00. The van der Waals surface area contributed by atoms with E-state index in [-0.39, 0.29) is 23.9 Å². The molecule has 6 nitrogen and oxygen atoms in total. The number of amides is 1. The molecule has 2 heterocycles. The second-order valence-corrected chi connectivity index (χ2v) is 9.07. The van der Waals surface area contributed by atoms with E-state index >= 15 is 0 Å². The number of nitrogens with zero attached hydrogens (tertiary/aromatic N) is 2. The van der Waals surface area contributed by atoms with Crippen LogP contribution in [0.2, 0.25) is 0 Å². The van der Waals surface area contributed by atoms with Crippen LogP contribution in [0, 0.1) is 17.7 Å². The van der Waals surface area contributed by atoms with Gasteiger partial charge in [-0.2, -0.15) is 0 Å². The van der Waals surface area contributed by atoms with Gasteiger partial charge >= 0.3 is 6.09 Å². The van der Waals surface area contributed by atoms with Crippen LogP contribution in [0.5, 0.6) is 0 Å². The van der Waals surface area contributed by atoms with E-state index in [2.05, 4.69) is 21.5 Å². The largest absolute Gasteiger partial charge is 0.450 e. The number of fused-ring (bicyclic) bond motifs is 2. The van der Waals surface area contributed by atoms with Gasteiger partial charge in [-0.05, 0) is 67.9 Å². The summed E-state index contributed by atoms with van der Waals surface area (Å²) in [6.07, 6.45) is 11.2. The molecule has 0 radical (unpaired) electrons. The molecular weight excluding hydrogens is 433 g/mol. The summed E-state index contributed by atoms with van der Waals surface area (Å²) < 4.78 is 24.2. The molecule has 1 aromatic carbocycles. The highest BCUT2D eigenvalue weighted by Crippen LogP contribution is 2.47. The summed E-state index contributed by atoms with van der Waals surface area (Å²) in [4.78, 5) is 16.5. The quantitative estimate of drug-likeness (QED) is 0.523. The Morgan fingerprint density at radius 3 is 2.94 bits per heavy atom. The van der Waals surface area contributed by atoms with E-state index in [1.54, 1.807) is 12.3 Å². The van der Waals surface area contributed by atoms with Gasteiger partial charge in [-0.25, -0.2) is 9.18 Å². The van der Waals surface area contributed by atoms with Crippen molar-refractivity contribution in [2.24, 2.45) is 11.8 Å². The molecule has 176 valence electrons. The lowest BCUT2D eigenvalue weighted by molar-refractivity contribution is 0.126. The zero-order valence-corrected chi connectivity index (χ0v) is 19.1. The smallest absolute Gasteiger partial charge is 0.407 e. The second kappa shape index (κ2) is 9.79. The minimum atomic E-state index is -0.341. The van der Waals surface area contributed by atoms with Gasteiger partial charge < -0.3 is 14.6 Å². The van der Waals surface area contributed by atoms with Crippen molar-refractivity contribution in [3.63, 3.8) is 0 Å². The van der Waals surface area contributed by atoms with Gasteiger partial charge in [0.2, 0.25) is 0 Å². The van der Waals surface area contributed by atoms with Gasteiger partial charge in [-0.3, -0.25) is 4.98 Å². The summed E-state index contributed by atoms with van der Waals surface area (Å²) in [7, 11) is 0. The van der Waals surface area contributed by atoms with Crippen LogP contribution in [0.3, 0.4) is 0 Å². The van der Waals surface area contributed by atoms with E-state index in [1.807, 2.05) is 37.4 Å². The fraction of sp³-hybridized carbons (Fsp3) is 0.370. The van der Waals surface area contributed by atoms with E-state index in [0.29, 0.717) is 18.4 Å². The number of rotatable bonds is 5. The molecule has 0 spiro atoms. The van der Waals surface area contributed by atoms with Crippen molar-refractivity contribution in [3.05, 3.63) is 77.7 Å². The summed E-state index contributed by atoms with van der Waals surface area (Å²) in [5.74, 6) is 1.72. The van der Waals surface area contributed by atoms with Gasteiger partial charge in [-0.1, -0.05) is 29.4 Å². The zero-order valence-electron chi connectivity index (χ0n) is 19.1. The molecule has 1 fully saturated rings. The Morgan fingerprint density at radius 2 is 2.15 bits per heavy atom. The van der Waals surface area contributed by atoms with E-state index in [0.717, 1.165) is 53.8 Å². The lowest BCUT2D eigenvalue weighted by Crippen LogP contribution is -2.43. The molecular formula is C27H28FN3O3. The van der Waals surface area contributed by atoms with Crippen LogP contribution < -0.4 is 5.32 Å². The van der Waals surface area contributed by atoms with Crippen molar-refractivity contribution < 1.29 is 18.4 Å². The average molecular weight is 462 g/mol. The summed E-state index contributed by atoms with van der Waals surface area (Å²) in [5, 5.41) is 7.07. The molecule has 5 rings (SSSR count). The summed E-state index contributed by atoms with van der Waals surface area (Å²) >= 11 is 0. The number of hydrogen-bond donors (Lipinski definition) is 1. The van der Waals surface area contributed by atoms with Crippen molar-refractivity contribution in [2.75, 3.05) is 6.61 Å². The molecule has 3 aromatic rings. The molecule has 0 bridgehead atoms. The number of hydrogen-bond acceptors (Lipinski definition) is 5. The third kappa shape index (κ3) is 4.74. The van der Waals surface area contributed by atoms with Crippen LogP contribution in [0.25, 0.3) is 17.2 Å². The van der Waals surface area contributed by atoms with Crippen molar-refractivity contribution in [2.45, 2.75) is 44.6 Å². The normalized spacial score (nSPS) is 23.8. The van der Waals surface area contributed by atoms with Crippen LogP contribution in [0.15, 0.2) is 59.4 Å². The maximum absolute atomic E-state index is 13.5. The Morgan fingerprint density at radius 1 is 1.24 bits per heavy atom. The standard InChI is InChI=1S/C27H28FN3O3/c1-2-33-27(32)31-22-9-10-23-19(13-22)14-26-25(16-30-34-26)24(23)11-8-21-7-6-18(15-29-21)17-4-3-5-20(28)12-17/h3-8,11-12,15-16,19,22-24H,2,9-10,13-14H2,1H3,(H,31,32)/t19-,22+,23+,24-/m0/s1. The predicted molar refractivity (Wildman–Crippen MR) is 126 cm³/mol. The number of benzene rings is 1. The van der Waals surface area contributed by atoms with Crippen molar-refractivity contribution in [1.29, 1.82) is 0 Å². The Kier molecular flexibility index (Phi) is 6.43. The van der Waals surface area contributed by atoms with Crippen molar-refractivity contribution in [3.8, 4) is 11.1 Å². The van der Waals surface area contributed by atoms with E-state index < -0.39 is 0 Å². The Bertz CT molecular complexity index is 1170. The van der Waals surface area contributed by atoms with Crippen molar-refractivity contribution >= 4 is 12.2 Å². The first-order valence-electron chi connectivity index (χ1n) is 11.9. The minimum absolute atomic E-state index is 0.117. The van der Waals surface area contributed by atoms with E-state index in [1.165, 1.54) is 12.1 Å². The lowest BCUT2D eigenvalue weighted by Gasteiger charge is -2.42. The zero-order chi connectivity index (χ0) is 23.5. The lowest BCUT2D eigenvalue weighted by atomic mass is 9.64. The number of nitrogens with one attached hydrogen (secondary N) is 1. The molecule has 2 aliphatic carbocycles. The first kappa shape index (κ1) is 22.3. The molecule has 0 aliphatic heterocycles. The predicted octanol–water partition coefficient (Wildman–Crippen LogP) is 5.76. The molecule has 0 saturated heterocycles. The number of carbonyl (C=O) groups excluding carboxylic acids is 1. The first-order valence-corrected chi connectivity index (χ1v) is 11.9. The van der Waals surface area contributed by atoms with Gasteiger partial charge in [0, 0.05) is 35.7 Å². The summed E-state index contributed by atoms with van der Waals surface area (Å²) in [6.45, 7) is 2.18. The molecule has 1 N–H and O–H groups in total. The molecule has 1 amide bonds. The monoisotopic (exact) mass is 461 g/mol. The van der Waals surface area contributed by atoms with E-state index in [9.17, 15) is 9.18 Å². The third-order valence-electron chi connectivity index (χ3n) is 7.00. The fourth-order valence-corrected chi connectivity index (χ4v) is 5.42. The topological polar surface area (TPSA) is 77.2 Å². The molecule has 2 aromatic heterocycles. The van der Waals surface area contributed by atoms with Crippen LogP contribution in [-0.2, 0) is 11.2 Å². The number of halogens is 1. The maximum atomic E-state index is 13.5. The minimum Gasteiger partial charge on any atom is -0.450 e. The molecule has 34 heavy (non-hydrogen) atoms. The van der Waals surface area contributed by atoms with Gasteiger partial charge in [0.15, 0.2) is 0 Å². The number of carbonyl (C=O) groups is 1. The number of allylic oxidation sites excluding steroid dienone is 1. The van der Waals surface area contributed by atoms with Crippen LogP contribution in [0.4, 0.5) is 9.18 Å². The molecule has 1 saturated carbocycles. The first-order chi connectivity index (χ1) is 16.6. The number of alkyl carbamates (subject to hydrolysis) is 1. The Labute approximate surface area is 198 Å². The van der Waals surface area contributed by atoms with Crippen molar-refractivity contribution in [1.82, 2.24) is 15.5 Å². The highest BCUT2D eigenvalue weighted by atomic mass is 19.1. The average Bonchev–Trinajstić information content (AvgIpc) is 3.30. The Hall–Kier alpha value is -3.48. The maximum Gasteiger partial charge on any atom is 0.407 e. The van der Waals surface area contributed by atoms with E-state index in [4.69, 9.17) is 9.26 Å². The second-order valence-electron chi connectivity index (χ2n) is 9.07. The highest BCUT2D eigenvalue weighted by molar-refractivity contribution is 5.67. The fourth-order valence-electron chi connectivity index (χ4n) is 5.42. The highest BCUT2D eigenvalue weighted by Gasteiger charge is 2.41. The van der Waals surface area contributed by atoms with Crippen LogP contribution >= 0.6 is 0 Å². The number of aromatic nitrogens is 2. The van der Waals surface area contributed by atoms with Crippen LogP contribution in [0.1, 0.15) is 49.1 Å². The summed E-state index contributed by atoms with van der Waals surface area (Å²) in [5.41, 5.74) is 3.67. The molecule has 7 heteroatoms. The van der Waals surface area contributed by atoms with Crippen LogP contribution in [-0.4, -0.2) is 28.9 Å². The molecule has 0 unspecified atom stereocenters. The van der Waals surface area contributed by atoms with Gasteiger partial charge in [0.05, 0.1) is 18.5 Å². The Balaban J connectivity index is 1.32. The molecule has 2 aliphatic rings. The number of ether oxygens (including phenoxy) is 1. The van der Waals surface area contributed by atoms with Gasteiger partial charge in [-0.15, -0.1) is 0 Å². The van der Waals surface area contributed by atoms with Gasteiger partial charge in [0.1, 0.15) is 11.6 Å². The van der Waals surface area contributed by atoms with Gasteiger partial charge in [0.25, 0.3) is 0 Å².